The summed E-state index contributed by atoms with van der Waals surface area (Å²) < 4.78 is 6.37. The Hall–Kier alpha value is -0.250. The third-order valence-electron chi connectivity index (χ3n) is 1.64. The monoisotopic (exact) mass is 262 g/mol. The molecule has 1 nitrogen and oxygen atoms in total. The van der Waals surface area contributed by atoms with Gasteiger partial charge in [0.25, 0.3) is 0 Å². The van der Waals surface area contributed by atoms with Gasteiger partial charge in [0.15, 0.2) is 0 Å². The second-order valence-corrected chi connectivity index (χ2v) is 3.47. The first-order valence-corrected chi connectivity index (χ1v) is 4.68. The highest BCUT2D eigenvalue weighted by molar-refractivity contribution is 14.1. The van der Waals surface area contributed by atoms with Gasteiger partial charge < -0.3 is 4.74 Å². The zero-order valence-corrected chi connectivity index (χ0v) is 8.88. The predicted octanol–water partition coefficient (Wildman–Crippen LogP) is 2.86. The molecule has 0 saturated heterocycles. The van der Waals surface area contributed by atoms with Gasteiger partial charge in [-0.05, 0) is 46.7 Å². The third kappa shape index (κ3) is 2.09. The molecule has 0 heterocycles. The van der Waals surface area contributed by atoms with Gasteiger partial charge in [-0.1, -0.05) is 13.0 Å². The normalized spacial score (nSPS) is 9.73. The summed E-state index contributed by atoms with van der Waals surface area (Å²) in [4.78, 5) is 0. The van der Waals surface area contributed by atoms with E-state index in [1.807, 2.05) is 6.07 Å². The molecule has 0 atom stereocenters. The number of benzene rings is 1. The Labute approximate surface area is 80.9 Å². The Kier molecular flexibility index (Phi) is 3.17. The topological polar surface area (TPSA) is 9.23 Å². The van der Waals surface area contributed by atoms with Gasteiger partial charge in [-0.2, -0.15) is 0 Å². The number of methoxy groups -OCH3 is 1. The SMILES string of the molecule is CCc1ccc(OC)cc1I. The maximum atomic E-state index is 5.09. The number of hydrogen-bond donors (Lipinski definition) is 0. The third-order valence-corrected chi connectivity index (χ3v) is 2.65. The molecule has 0 radical (unpaired) electrons. The van der Waals surface area contributed by atoms with E-state index in [4.69, 9.17) is 4.74 Å². The fourth-order valence-corrected chi connectivity index (χ4v) is 1.81. The van der Waals surface area contributed by atoms with Crippen LogP contribution in [0, 0.1) is 3.57 Å². The molecule has 0 saturated carbocycles. The quantitative estimate of drug-likeness (QED) is 0.744. The fourth-order valence-electron chi connectivity index (χ4n) is 0.942. The van der Waals surface area contributed by atoms with Crippen LogP contribution < -0.4 is 4.74 Å². The summed E-state index contributed by atoms with van der Waals surface area (Å²) in [5.41, 5.74) is 1.38. The number of rotatable bonds is 2. The van der Waals surface area contributed by atoms with E-state index in [2.05, 4.69) is 41.6 Å². The summed E-state index contributed by atoms with van der Waals surface area (Å²) in [5, 5.41) is 0. The Bertz CT molecular complexity index is 245. The van der Waals surface area contributed by atoms with Crippen molar-refractivity contribution in [3.63, 3.8) is 0 Å². The standard InChI is InChI=1S/C9H11IO/c1-3-7-4-5-8(11-2)6-9(7)10/h4-6H,3H2,1-2H3. The highest BCUT2D eigenvalue weighted by Gasteiger charge is 1.97. The molecule has 60 valence electrons. The minimum atomic E-state index is 0.937. The predicted molar refractivity (Wildman–Crippen MR) is 55.1 cm³/mol. The van der Waals surface area contributed by atoms with E-state index < -0.39 is 0 Å². The van der Waals surface area contributed by atoms with Crippen LogP contribution in [-0.4, -0.2) is 7.11 Å². The van der Waals surface area contributed by atoms with E-state index in [0.29, 0.717) is 0 Å². The van der Waals surface area contributed by atoms with Gasteiger partial charge in [0.05, 0.1) is 7.11 Å². The fraction of sp³-hybridized carbons (Fsp3) is 0.333. The Morgan fingerprint density at radius 2 is 2.18 bits per heavy atom. The average molecular weight is 262 g/mol. The van der Waals surface area contributed by atoms with E-state index in [1.54, 1.807) is 7.11 Å². The molecule has 1 aromatic rings. The second-order valence-electron chi connectivity index (χ2n) is 2.31. The molecule has 0 aliphatic heterocycles. The van der Waals surface area contributed by atoms with Crippen LogP contribution in [0.25, 0.3) is 0 Å². The van der Waals surface area contributed by atoms with Crippen LogP contribution in [0.4, 0.5) is 0 Å². The van der Waals surface area contributed by atoms with Crippen molar-refractivity contribution in [3.8, 4) is 5.75 Å². The highest BCUT2D eigenvalue weighted by atomic mass is 127. The average Bonchev–Trinajstić information content (AvgIpc) is 2.04. The van der Waals surface area contributed by atoms with Crippen molar-refractivity contribution in [3.05, 3.63) is 27.3 Å². The van der Waals surface area contributed by atoms with Crippen molar-refractivity contribution < 1.29 is 4.74 Å². The highest BCUT2D eigenvalue weighted by Crippen LogP contribution is 2.19. The lowest BCUT2D eigenvalue weighted by atomic mass is 10.2. The van der Waals surface area contributed by atoms with Crippen molar-refractivity contribution >= 4 is 22.6 Å². The molecule has 0 fully saturated rings. The molecular formula is C9H11IO. The molecule has 0 unspecified atom stereocenters. The number of halogens is 1. The summed E-state index contributed by atoms with van der Waals surface area (Å²) in [6, 6.07) is 6.17. The molecule has 2 heteroatoms. The Morgan fingerprint density at radius 1 is 1.45 bits per heavy atom. The maximum absolute atomic E-state index is 5.09. The van der Waals surface area contributed by atoms with Gasteiger partial charge in [-0.25, -0.2) is 0 Å². The second kappa shape index (κ2) is 3.95. The molecule has 0 aliphatic carbocycles. The lowest BCUT2D eigenvalue weighted by molar-refractivity contribution is 0.414. The molecule has 0 aromatic heterocycles. The largest absolute Gasteiger partial charge is 0.497 e. The zero-order chi connectivity index (χ0) is 8.27. The number of ether oxygens (including phenoxy) is 1. The van der Waals surface area contributed by atoms with Crippen molar-refractivity contribution in [2.45, 2.75) is 13.3 Å². The van der Waals surface area contributed by atoms with Gasteiger partial charge in [-0.3, -0.25) is 0 Å². The van der Waals surface area contributed by atoms with Crippen LogP contribution in [0.5, 0.6) is 5.75 Å². The summed E-state index contributed by atoms with van der Waals surface area (Å²) in [5.74, 6) is 0.937. The van der Waals surface area contributed by atoms with E-state index in [0.717, 1.165) is 12.2 Å². The van der Waals surface area contributed by atoms with Crippen LogP contribution in [0.15, 0.2) is 18.2 Å². The van der Waals surface area contributed by atoms with Gasteiger partial charge in [0.1, 0.15) is 5.75 Å². The van der Waals surface area contributed by atoms with E-state index >= 15 is 0 Å². The van der Waals surface area contributed by atoms with E-state index in [1.165, 1.54) is 9.13 Å². The summed E-state index contributed by atoms with van der Waals surface area (Å²) in [7, 11) is 1.69. The molecule has 0 N–H and O–H groups in total. The molecule has 0 bridgehead atoms. The van der Waals surface area contributed by atoms with Gasteiger partial charge >= 0.3 is 0 Å². The maximum Gasteiger partial charge on any atom is 0.119 e. The minimum Gasteiger partial charge on any atom is -0.497 e. The van der Waals surface area contributed by atoms with Crippen LogP contribution in [0.1, 0.15) is 12.5 Å². The van der Waals surface area contributed by atoms with E-state index in [-0.39, 0.29) is 0 Å². The summed E-state index contributed by atoms with van der Waals surface area (Å²) >= 11 is 2.33. The molecule has 0 aliphatic rings. The van der Waals surface area contributed by atoms with Crippen LogP contribution in [0.3, 0.4) is 0 Å². The van der Waals surface area contributed by atoms with Crippen molar-refractivity contribution in [1.29, 1.82) is 0 Å². The zero-order valence-electron chi connectivity index (χ0n) is 6.73. The van der Waals surface area contributed by atoms with Crippen molar-refractivity contribution in [1.82, 2.24) is 0 Å². The molecule has 1 aromatic carbocycles. The van der Waals surface area contributed by atoms with E-state index in [9.17, 15) is 0 Å². The van der Waals surface area contributed by atoms with Crippen LogP contribution in [-0.2, 0) is 6.42 Å². The number of hydrogen-bond acceptors (Lipinski definition) is 1. The minimum absolute atomic E-state index is 0.937. The molecule has 1 rings (SSSR count). The Morgan fingerprint density at radius 3 is 2.64 bits per heavy atom. The first kappa shape index (κ1) is 8.84. The molecule has 0 spiro atoms. The molecule has 0 amide bonds. The first-order valence-electron chi connectivity index (χ1n) is 3.60. The van der Waals surface area contributed by atoms with Crippen molar-refractivity contribution in [2.24, 2.45) is 0 Å². The Balaban J connectivity index is 2.99. The van der Waals surface area contributed by atoms with Gasteiger partial charge in [0.2, 0.25) is 0 Å². The summed E-state index contributed by atoms with van der Waals surface area (Å²) in [6.45, 7) is 2.16. The first-order chi connectivity index (χ1) is 5.27. The lowest BCUT2D eigenvalue weighted by Crippen LogP contribution is -1.88. The molecular weight excluding hydrogens is 251 g/mol. The smallest absolute Gasteiger partial charge is 0.119 e. The van der Waals surface area contributed by atoms with Gasteiger partial charge in [-0.15, -0.1) is 0 Å². The summed E-state index contributed by atoms with van der Waals surface area (Å²) in [6.07, 6.45) is 1.09. The van der Waals surface area contributed by atoms with Crippen LogP contribution >= 0.6 is 22.6 Å². The van der Waals surface area contributed by atoms with Crippen molar-refractivity contribution in [2.75, 3.05) is 7.11 Å². The number of aryl methyl sites for hydroxylation is 1. The van der Waals surface area contributed by atoms with Crippen LogP contribution in [0.2, 0.25) is 0 Å². The lowest BCUT2D eigenvalue weighted by Gasteiger charge is -2.03. The molecule has 11 heavy (non-hydrogen) atoms. The van der Waals surface area contributed by atoms with Gasteiger partial charge in [0, 0.05) is 3.57 Å².